The molecule has 0 atom stereocenters. The molecule has 0 amide bonds. The molecule has 9 heteroatoms. The molecule has 122 valence electrons. The van der Waals surface area contributed by atoms with Gasteiger partial charge in [0.25, 0.3) is 0 Å². The summed E-state index contributed by atoms with van der Waals surface area (Å²) in [6.45, 7) is 0. The number of aromatic nitrogens is 2. The Kier molecular flexibility index (Phi) is 8.14. The third-order valence-electron chi connectivity index (χ3n) is 2.54. The second kappa shape index (κ2) is 9.59. The van der Waals surface area contributed by atoms with E-state index in [9.17, 15) is 9.90 Å². The molecule has 1 N–H and O–H groups in total. The summed E-state index contributed by atoms with van der Waals surface area (Å²) in [6.07, 6.45) is 2.96. The van der Waals surface area contributed by atoms with Crippen LogP contribution in [0.5, 0.6) is 11.5 Å². The molecular weight excluding hydrogens is 425 g/mol. The predicted molar refractivity (Wildman–Crippen MR) is 79.2 cm³/mol. The van der Waals surface area contributed by atoms with Gasteiger partial charge in [0.2, 0.25) is 0 Å². The van der Waals surface area contributed by atoms with E-state index in [1.807, 2.05) is 0 Å². The Labute approximate surface area is 143 Å². The van der Waals surface area contributed by atoms with Crippen molar-refractivity contribution < 1.29 is 35.3 Å². The third-order valence-corrected chi connectivity index (χ3v) is 2.54. The van der Waals surface area contributed by atoms with Crippen molar-refractivity contribution in [3.8, 4) is 22.9 Å². The maximum absolute atomic E-state index is 11.2. The first-order valence-electron chi connectivity index (χ1n) is 5.67. The minimum atomic E-state index is -1.08. The van der Waals surface area contributed by atoms with Gasteiger partial charge in [-0.15, -0.1) is 0 Å². The third kappa shape index (κ3) is 5.11. The molecule has 6 nitrogen and oxygen atoms in total. The van der Waals surface area contributed by atoms with Crippen LogP contribution in [-0.4, -0.2) is 35.3 Å². The molecule has 0 spiro atoms. The van der Waals surface area contributed by atoms with Gasteiger partial charge in [-0.05, 0) is 18.2 Å². The summed E-state index contributed by atoms with van der Waals surface area (Å²) in [5, 5.41) is 9.20. The average Bonchev–Trinajstić information content (AvgIpc) is 2.55. The maximum atomic E-state index is 11.2. The van der Waals surface area contributed by atoms with Crippen LogP contribution in [0.2, 0.25) is 0 Å². The van der Waals surface area contributed by atoms with Gasteiger partial charge in [0.15, 0.2) is 0 Å². The van der Waals surface area contributed by atoms with Crippen LogP contribution in [0.3, 0.4) is 0 Å². The van der Waals surface area contributed by atoms with Crippen LogP contribution in [0, 0.1) is 0 Å². The molecule has 0 bridgehead atoms. The molecule has 0 aliphatic carbocycles. The Balaban J connectivity index is 0.000000745. The first-order chi connectivity index (χ1) is 10.6. The van der Waals surface area contributed by atoms with Crippen molar-refractivity contribution in [2.75, 3.05) is 14.2 Å². The van der Waals surface area contributed by atoms with Crippen molar-refractivity contribution in [1.82, 2.24) is 9.97 Å². The van der Waals surface area contributed by atoms with Crippen LogP contribution in [-0.2, 0) is 15.9 Å². The van der Waals surface area contributed by atoms with E-state index in [2.05, 4.69) is 9.97 Å². The van der Waals surface area contributed by atoms with Gasteiger partial charge in [0.05, 0.1) is 37.9 Å². The Hall–Kier alpha value is -1.39. The van der Waals surface area contributed by atoms with Crippen molar-refractivity contribution in [3.05, 3.63) is 36.2 Å². The standard InChI is InChI=1S/C13H12N2O4.2ClH.Pd/c1-18-8-3-4-11(14-6-8)12-10(13(16)17)5-9(19-2)7-15-12;;;/h3-7H,1-2H3,(H,16,17);2*1H;/q;;;+2/p-2. The Morgan fingerprint density at radius 3 is 2.18 bits per heavy atom. The van der Waals surface area contributed by atoms with Gasteiger partial charge in [0, 0.05) is 0 Å². The first kappa shape index (κ1) is 18.7. The number of hydrogen-bond donors (Lipinski definition) is 1. The summed E-state index contributed by atoms with van der Waals surface area (Å²) in [7, 11) is 12.6. The zero-order chi connectivity index (χ0) is 16.5. The van der Waals surface area contributed by atoms with E-state index >= 15 is 0 Å². The average molecular weight is 438 g/mol. The molecule has 0 fully saturated rings. The second-order valence-electron chi connectivity index (χ2n) is 3.70. The SMILES string of the molecule is COc1ccc(-c2ncc(OC)cc2C(=O)O)nc1.[Cl][Pd][Cl]. The van der Waals surface area contributed by atoms with E-state index in [-0.39, 0.29) is 27.2 Å². The van der Waals surface area contributed by atoms with Gasteiger partial charge in [-0.25, -0.2) is 9.78 Å². The summed E-state index contributed by atoms with van der Waals surface area (Å²) >= 11 is -0.106. The molecule has 0 aliphatic heterocycles. The molecule has 2 aromatic heterocycles. The minimum absolute atomic E-state index is 0.0389. The molecular formula is C13H12Cl2N2O4Pd. The van der Waals surface area contributed by atoms with Gasteiger partial charge in [0.1, 0.15) is 17.2 Å². The Bertz CT molecular complexity index is 626. The molecule has 2 heterocycles. The number of ether oxygens (including phenoxy) is 2. The normalized spacial score (nSPS) is 9.64. The van der Waals surface area contributed by atoms with E-state index in [4.69, 9.17) is 28.5 Å². The first-order valence-corrected chi connectivity index (χ1v) is 9.67. The molecule has 0 saturated carbocycles. The number of rotatable bonds is 4. The Morgan fingerprint density at radius 1 is 1.14 bits per heavy atom. The molecule has 0 saturated heterocycles. The van der Waals surface area contributed by atoms with Crippen LogP contribution in [0.4, 0.5) is 0 Å². The van der Waals surface area contributed by atoms with Gasteiger partial charge in [-0.2, -0.15) is 0 Å². The molecule has 22 heavy (non-hydrogen) atoms. The number of halogens is 2. The van der Waals surface area contributed by atoms with Crippen LogP contribution in [0.1, 0.15) is 10.4 Å². The number of carbonyl (C=O) groups is 1. The zero-order valence-electron chi connectivity index (χ0n) is 11.5. The molecule has 0 radical (unpaired) electrons. The van der Waals surface area contributed by atoms with Crippen molar-refractivity contribution >= 4 is 25.0 Å². The van der Waals surface area contributed by atoms with E-state index in [0.717, 1.165) is 0 Å². The summed E-state index contributed by atoms with van der Waals surface area (Å²) in [5.41, 5.74) is 0.786. The number of pyridine rings is 2. The molecule has 0 aliphatic rings. The predicted octanol–water partition coefficient (Wildman–Crippen LogP) is 3.24. The van der Waals surface area contributed by atoms with Crippen molar-refractivity contribution in [3.63, 3.8) is 0 Å². The summed E-state index contributed by atoms with van der Waals surface area (Å²) in [6, 6.07) is 4.76. The summed E-state index contributed by atoms with van der Waals surface area (Å²) < 4.78 is 9.97. The van der Waals surface area contributed by atoms with Crippen LogP contribution in [0.15, 0.2) is 30.6 Å². The van der Waals surface area contributed by atoms with E-state index in [0.29, 0.717) is 17.2 Å². The zero-order valence-corrected chi connectivity index (χ0v) is 14.6. The number of methoxy groups -OCH3 is 2. The van der Waals surface area contributed by atoms with Gasteiger partial charge < -0.3 is 14.6 Å². The van der Waals surface area contributed by atoms with Gasteiger partial charge >= 0.3 is 41.0 Å². The van der Waals surface area contributed by atoms with E-state index < -0.39 is 5.97 Å². The number of carboxylic acid groups (broad SMARTS) is 1. The molecule has 2 aromatic rings. The number of hydrogen-bond acceptors (Lipinski definition) is 5. The topological polar surface area (TPSA) is 81.5 Å². The van der Waals surface area contributed by atoms with Crippen LogP contribution < -0.4 is 9.47 Å². The fourth-order valence-corrected chi connectivity index (χ4v) is 1.57. The fraction of sp³-hybridized carbons (Fsp3) is 0.154. The van der Waals surface area contributed by atoms with E-state index in [1.54, 1.807) is 12.1 Å². The van der Waals surface area contributed by atoms with Gasteiger partial charge in [-0.3, -0.25) is 4.98 Å². The van der Waals surface area contributed by atoms with E-state index in [1.165, 1.54) is 32.7 Å². The quantitative estimate of drug-likeness (QED) is 0.740. The molecule has 2 rings (SSSR count). The van der Waals surface area contributed by atoms with Crippen molar-refractivity contribution in [1.29, 1.82) is 0 Å². The number of nitrogens with zero attached hydrogens (tertiary/aromatic N) is 2. The second-order valence-corrected chi connectivity index (χ2v) is 6.07. The summed E-state index contributed by atoms with van der Waals surface area (Å²) in [5.74, 6) is -0.109. The fourth-order valence-electron chi connectivity index (χ4n) is 1.57. The van der Waals surface area contributed by atoms with Gasteiger partial charge in [-0.1, -0.05) is 0 Å². The van der Waals surface area contributed by atoms with Crippen LogP contribution >= 0.6 is 19.1 Å². The molecule has 0 aromatic carbocycles. The van der Waals surface area contributed by atoms with Crippen molar-refractivity contribution in [2.24, 2.45) is 0 Å². The summed E-state index contributed by atoms with van der Waals surface area (Å²) in [4.78, 5) is 19.5. The molecule has 0 unspecified atom stereocenters. The number of aromatic carboxylic acids is 1. The monoisotopic (exact) mass is 436 g/mol. The number of carboxylic acids is 1. The van der Waals surface area contributed by atoms with Crippen LogP contribution in [0.25, 0.3) is 11.4 Å². The Morgan fingerprint density at radius 2 is 1.73 bits per heavy atom. The van der Waals surface area contributed by atoms with Crippen molar-refractivity contribution in [2.45, 2.75) is 0 Å².